The van der Waals surface area contributed by atoms with Gasteiger partial charge in [-0.3, -0.25) is 9.59 Å². The van der Waals surface area contributed by atoms with E-state index in [1.807, 2.05) is 0 Å². The van der Waals surface area contributed by atoms with Gasteiger partial charge in [-0.15, -0.1) is 0 Å². The van der Waals surface area contributed by atoms with E-state index < -0.39 is 23.3 Å². The second-order valence-electron chi connectivity index (χ2n) is 4.20. The molecular weight excluding hydrogens is 212 g/mol. The van der Waals surface area contributed by atoms with Crippen LogP contribution in [0.15, 0.2) is 0 Å². The Kier molecular flexibility index (Phi) is 3.49. The Morgan fingerprint density at radius 1 is 1.29 bits per heavy atom. The van der Waals surface area contributed by atoms with E-state index in [9.17, 15) is 9.59 Å². The van der Waals surface area contributed by atoms with Gasteiger partial charge in [0.1, 0.15) is 0 Å². The first-order valence-electron chi connectivity index (χ1n) is 4.52. The third-order valence-corrected chi connectivity index (χ3v) is 3.61. The smallest absolute Gasteiger partial charge is 0.310 e. The SMILES string of the molecule is O=C(O)C1CC2CCC1(C(=O)O)C2.[Ca]. The van der Waals surface area contributed by atoms with Crippen molar-refractivity contribution in [2.45, 2.75) is 25.7 Å². The summed E-state index contributed by atoms with van der Waals surface area (Å²) in [5.74, 6) is -2.18. The summed E-state index contributed by atoms with van der Waals surface area (Å²) in [5, 5.41) is 17.9. The van der Waals surface area contributed by atoms with Gasteiger partial charge in [0.2, 0.25) is 0 Å². The van der Waals surface area contributed by atoms with Crippen LogP contribution in [0.3, 0.4) is 0 Å². The van der Waals surface area contributed by atoms with Crippen molar-refractivity contribution >= 4 is 49.7 Å². The molecule has 0 aromatic heterocycles. The summed E-state index contributed by atoms with van der Waals surface area (Å²) in [6, 6.07) is 0. The maximum Gasteiger partial charge on any atom is 0.310 e. The van der Waals surface area contributed by atoms with Crippen LogP contribution in [0, 0.1) is 17.3 Å². The molecule has 2 saturated carbocycles. The summed E-state index contributed by atoms with van der Waals surface area (Å²) in [6.07, 6.45) is 2.56. The van der Waals surface area contributed by atoms with Crippen molar-refractivity contribution in [3.05, 3.63) is 0 Å². The monoisotopic (exact) mass is 224 g/mol. The van der Waals surface area contributed by atoms with Gasteiger partial charge >= 0.3 is 11.9 Å². The fraction of sp³-hybridized carbons (Fsp3) is 0.778. The molecule has 2 fully saturated rings. The van der Waals surface area contributed by atoms with Crippen molar-refractivity contribution < 1.29 is 19.8 Å². The van der Waals surface area contributed by atoms with Gasteiger partial charge in [0.25, 0.3) is 0 Å². The predicted molar refractivity (Wildman–Crippen MR) is 48.9 cm³/mol. The standard InChI is InChI=1S/C9H12O4.Ca/c10-7(11)6-3-5-1-2-9(6,4-5)8(12)13;/h5-6H,1-4H2,(H,10,11)(H,12,13);. The van der Waals surface area contributed by atoms with Crippen molar-refractivity contribution in [2.75, 3.05) is 0 Å². The number of aliphatic carboxylic acids is 2. The molecule has 3 unspecified atom stereocenters. The second kappa shape index (κ2) is 3.99. The number of rotatable bonds is 2. The molecule has 74 valence electrons. The predicted octanol–water partition coefficient (Wildman–Crippen LogP) is 0.581. The zero-order chi connectivity index (χ0) is 9.64. The second-order valence-corrected chi connectivity index (χ2v) is 4.20. The fourth-order valence-electron chi connectivity index (χ4n) is 2.94. The Hall–Kier alpha value is 0.200. The van der Waals surface area contributed by atoms with Crippen LogP contribution in [0.5, 0.6) is 0 Å². The number of carboxylic acid groups (broad SMARTS) is 2. The molecule has 2 N–H and O–H groups in total. The summed E-state index contributed by atoms with van der Waals surface area (Å²) in [7, 11) is 0. The summed E-state index contributed by atoms with van der Waals surface area (Å²) < 4.78 is 0. The molecule has 2 aliphatic carbocycles. The van der Waals surface area contributed by atoms with Gasteiger partial charge in [-0.25, -0.2) is 0 Å². The quantitative estimate of drug-likeness (QED) is 0.673. The first kappa shape index (κ1) is 12.3. The molecule has 0 aliphatic heterocycles. The molecular formula is C9H12CaO4. The summed E-state index contributed by atoms with van der Waals surface area (Å²) in [6.45, 7) is 0. The van der Waals surface area contributed by atoms with E-state index in [-0.39, 0.29) is 37.7 Å². The van der Waals surface area contributed by atoms with Gasteiger partial charge in [0.15, 0.2) is 0 Å². The van der Waals surface area contributed by atoms with Gasteiger partial charge < -0.3 is 10.2 Å². The summed E-state index contributed by atoms with van der Waals surface area (Å²) in [4.78, 5) is 21.9. The molecule has 0 aromatic rings. The minimum Gasteiger partial charge on any atom is -0.481 e. The Balaban J connectivity index is 0.000000980. The Morgan fingerprint density at radius 2 is 1.93 bits per heavy atom. The summed E-state index contributed by atoms with van der Waals surface area (Å²) >= 11 is 0. The molecule has 2 bridgehead atoms. The molecule has 5 heteroatoms. The molecule has 0 amide bonds. The zero-order valence-electron chi connectivity index (χ0n) is 7.90. The van der Waals surface area contributed by atoms with E-state index in [1.165, 1.54) is 0 Å². The van der Waals surface area contributed by atoms with Crippen LogP contribution in [0.1, 0.15) is 25.7 Å². The van der Waals surface area contributed by atoms with E-state index in [0.29, 0.717) is 25.2 Å². The Bertz CT molecular complexity index is 278. The molecule has 4 nitrogen and oxygen atoms in total. The van der Waals surface area contributed by atoms with E-state index in [2.05, 4.69) is 0 Å². The van der Waals surface area contributed by atoms with Crippen molar-refractivity contribution in [3.63, 3.8) is 0 Å². The van der Waals surface area contributed by atoms with E-state index in [0.717, 1.165) is 6.42 Å². The number of hydrogen-bond acceptors (Lipinski definition) is 2. The maximum absolute atomic E-state index is 11.0. The van der Waals surface area contributed by atoms with Crippen molar-refractivity contribution in [2.24, 2.45) is 17.3 Å². The topological polar surface area (TPSA) is 74.6 Å². The number of carbonyl (C=O) groups is 2. The van der Waals surface area contributed by atoms with Gasteiger partial charge in [0.05, 0.1) is 11.3 Å². The van der Waals surface area contributed by atoms with Crippen LogP contribution in [0.4, 0.5) is 0 Å². The number of carboxylic acids is 2. The molecule has 2 aliphatic rings. The van der Waals surface area contributed by atoms with Gasteiger partial charge in [-0.2, -0.15) is 0 Å². The van der Waals surface area contributed by atoms with Crippen molar-refractivity contribution in [1.29, 1.82) is 0 Å². The zero-order valence-corrected chi connectivity index (χ0v) is 10.1. The molecule has 3 atom stereocenters. The largest absolute Gasteiger partial charge is 0.481 e. The molecule has 0 saturated heterocycles. The maximum atomic E-state index is 11.0. The number of fused-ring (bicyclic) bond motifs is 2. The van der Waals surface area contributed by atoms with E-state index >= 15 is 0 Å². The van der Waals surface area contributed by atoms with E-state index in [4.69, 9.17) is 10.2 Å². The van der Waals surface area contributed by atoms with E-state index in [1.54, 1.807) is 0 Å². The molecule has 2 rings (SSSR count). The van der Waals surface area contributed by atoms with Crippen molar-refractivity contribution in [3.8, 4) is 0 Å². The van der Waals surface area contributed by atoms with Crippen molar-refractivity contribution in [1.82, 2.24) is 0 Å². The molecule has 0 aromatic carbocycles. The van der Waals surface area contributed by atoms with Gasteiger partial charge in [-0.1, -0.05) is 0 Å². The first-order valence-corrected chi connectivity index (χ1v) is 4.52. The number of hydrogen-bond donors (Lipinski definition) is 2. The van der Waals surface area contributed by atoms with Crippen LogP contribution in [0.25, 0.3) is 0 Å². The van der Waals surface area contributed by atoms with Crippen LogP contribution >= 0.6 is 0 Å². The normalized spacial score (nSPS) is 39.1. The third-order valence-electron chi connectivity index (χ3n) is 3.61. The summed E-state index contributed by atoms with van der Waals surface area (Å²) in [5.41, 5.74) is -0.934. The average Bonchev–Trinajstić information content (AvgIpc) is 2.60. The van der Waals surface area contributed by atoms with Crippen LogP contribution in [0.2, 0.25) is 0 Å². The molecule has 14 heavy (non-hydrogen) atoms. The fourth-order valence-corrected chi connectivity index (χ4v) is 2.94. The van der Waals surface area contributed by atoms with Gasteiger partial charge in [0, 0.05) is 37.7 Å². The Morgan fingerprint density at radius 3 is 2.29 bits per heavy atom. The van der Waals surface area contributed by atoms with Crippen LogP contribution in [-0.4, -0.2) is 59.9 Å². The molecule has 0 spiro atoms. The van der Waals surface area contributed by atoms with Crippen LogP contribution in [-0.2, 0) is 9.59 Å². The minimum atomic E-state index is -0.940. The minimum absolute atomic E-state index is 0. The van der Waals surface area contributed by atoms with Crippen LogP contribution < -0.4 is 0 Å². The van der Waals surface area contributed by atoms with Gasteiger partial charge in [-0.05, 0) is 31.6 Å². The average molecular weight is 224 g/mol. The first-order chi connectivity index (χ1) is 6.06. The molecule has 2 radical (unpaired) electrons. The molecule has 0 heterocycles. The Labute approximate surface area is 112 Å². The third kappa shape index (κ3) is 1.57.